The lowest BCUT2D eigenvalue weighted by molar-refractivity contribution is 0.0532. The van der Waals surface area contributed by atoms with Crippen LogP contribution in [0.25, 0.3) is 11.1 Å². The fourth-order valence-electron chi connectivity index (χ4n) is 3.40. The van der Waals surface area contributed by atoms with Crippen LogP contribution < -0.4 is 10.6 Å². The molecule has 1 aromatic carbocycles. The Bertz CT molecular complexity index is 783. The van der Waals surface area contributed by atoms with E-state index in [2.05, 4.69) is 48.0 Å². The zero-order valence-electron chi connectivity index (χ0n) is 16.1. The van der Waals surface area contributed by atoms with Crippen LogP contribution in [0.2, 0.25) is 0 Å². The number of carbonyl (C=O) groups excluding carboxylic acids is 1. The summed E-state index contributed by atoms with van der Waals surface area (Å²) in [6.45, 7) is 5.62. The molecule has 1 aliphatic heterocycles. The van der Waals surface area contributed by atoms with E-state index >= 15 is 0 Å². The number of aromatic nitrogens is 1. The molecule has 2 aromatic rings. The van der Waals surface area contributed by atoms with Gasteiger partial charge in [0.25, 0.3) is 5.91 Å². The number of likely N-dealkylation sites (tertiary alicyclic amines) is 1. The van der Waals surface area contributed by atoms with Crippen molar-refractivity contribution in [3.05, 3.63) is 48.3 Å². The Kier molecular flexibility index (Phi) is 5.01. The summed E-state index contributed by atoms with van der Waals surface area (Å²) in [5, 5.41) is 0. The molecule has 1 amide bonds. The molecular weight excluding hydrogens is 324 g/mol. The first-order valence-corrected chi connectivity index (χ1v) is 9.05. The Balaban J connectivity index is 1.82. The molecule has 1 atom stereocenters. The van der Waals surface area contributed by atoms with E-state index in [-0.39, 0.29) is 17.4 Å². The van der Waals surface area contributed by atoms with Crippen molar-refractivity contribution in [2.45, 2.75) is 26.3 Å². The van der Waals surface area contributed by atoms with E-state index < -0.39 is 0 Å². The van der Waals surface area contributed by atoms with Gasteiger partial charge in [-0.25, -0.2) is 0 Å². The maximum Gasteiger partial charge on any atom is 0.255 e. The van der Waals surface area contributed by atoms with Gasteiger partial charge in [-0.1, -0.05) is 26.0 Å². The maximum absolute atomic E-state index is 13.0. The minimum absolute atomic E-state index is 0.0317. The molecule has 26 heavy (non-hydrogen) atoms. The number of anilines is 1. The lowest BCUT2D eigenvalue weighted by Crippen LogP contribution is -2.54. The van der Waals surface area contributed by atoms with Crippen LogP contribution in [0, 0.1) is 5.41 Å². The summed E-state index contributed by atoms with van der Waals surface area (Å²) in [6, 6.07) is 10.3. The fourth-order valence-corrected chi connectivity index (χ4v) is 3.40. The third kappa shape index (κ3) is 3.73. The minimum atomic E-state index is -0.0685. The van der Waals surface area contributed by atoms with Gasteiger partial charge < -0.3 is 15.5 Å². The number of hydrogen-bond donors (Lipinski definition) is 1. The number of hydrogen-bond acceptors (Lipinski definition) is 4. The third-order valence-electron chi connectivity index (χ3n) is 5.30. The molecule has 3 rings (SSSR count). The molecule has 2 heterocycles. The van der Waals surface area contributed by atoms with Gasteiger partial charge in [0.15, 0.2) is 0 Å². The molecule has 5 nitrogen and oxygen atoms in total. The zero-order chi connectivity index (χ0) is 18.9. The van der Waals surface area contributed by atoms with E-state index in [1.54, 1.807) is 12.4 Å². The Hall–Kier alpha value is -2.40. The molecular formula is C21H28N4O. The van der Waals surface area contributed by atoms with Crippen LogP contribution in [0.15, 0.2) is 42.7 Å². The highest BCUT2D eigenvalue weighted by Crippen LogP contribution is 2.29. The van der Waals surface area contributed by atoms with Crippen molar-refractivity contribution in [3.8, 4) is 11.1 Å². The standard InChI is InChI=1S/C21H28N4O/c1-21(2)14-25(10-9-19(21)22)20(26)17-11-16(12-23-13-17)15-5-7-18(8-6-15)24(3)4/h5-8,11-13,19H,9-10,14,22H2,1-4H3. The van der Waals surface area contributed by atoms with Gasteiger partial charge in [0.2, 0.25) is 0 Å². The first-order chi connectivity index (χ1) is 12.3. The number of carbonyl (C=O) groups is 1. The van der Waals surface area contributed by atoms with Crippen LogP contribution in [0.3, 0.4) is 0 Å². The smallest absolute Gasteiger partial charge is 0.255 e. The Labute approximate surface area is 155 Å². The largest absolute Gasteiger partial charge is 0.378 e. The van der Waals surface area contributed by atoms with Gasteiger partial charge >= 0.3 is 0 Å². The first-order valence-electron chi connectivity index (χ1n) is 9.05. The number of pyridine rings is 1. The molecule has 1 fully saturated rings. The van der Waals surface area contributed by atoms with Crippen LogP contribution in [0.5, 0.6) is 0 Å². The third-order valence-corrected chi connectivity index (χ3v) is 5.30. The molecule has 0 aliphatic carbocycles. The molecule has 2 N–H and O–H groups in total. The number of amides is 1. The van der Waals surface area contributed by atoms with Crippen molar-refractivity contribution in [2.75, 3.05) is 32.1 Å². The number of piperidine rings is 1. The van der Waals surface area contributed by atoms with Gasteiger partial charge in [-0.15, -0.1) is 0 Å². The summed E-state index contributed by atoms with van der Waals surface area (Å²) >= 11 is 0. The van der Waals surface area contributed by atoms with Crippen molar-refractivity contribution in [2.24, 2.45) is 11.1 Å². The van der Waals surface area contributed by atoms with Crippen molar-refractivity contribution in [1.82, 2.24) is 9.88 Å². The monoisotopic (exact) mass is 352 g/mol. The van der Waals surface area contributed by atoms with Crippen LogP contribution in [-0.2, 0) is 0 Å². The molecule has 1 saturated heterocycles. The summed E-state index contributed by atoms with van der Waals surface area (Å²) in [7, 11) is 4.03. The van der Waals surface area contributed by atoms with Gasteiger partial charge in [0.1, 0.15) is 0 Å². The molecule has 0 bridgehead atoms. The highest BCUT2D eigenvalue weighted by molar-refractivity contribution is 5.95. The second-order valence-corrected chi connectivity index (χ2v) is 8.01. The highest BCUT2D eigenvalue weighted by atomic mass is 16.2. The zero-order valence-corrected chi connectivity index (χ0v) is 16.1. The number of nitrogens with zero attached hydrogens (tertiary/aromatic N) is 3. The second-order valence-electron chi connectivity index (χ2n) is 8.01. The Morgan fingerprint density at radius 1 is 1.19 bits per heavy atom. The first kappa shape index (κ1) is 18.4. The van der Waals surface area contributed by atoms with E-state index in [9.17, 15) is 4.79 Å². The summed E-state index contributed by atoms with van der Waals surface area (Å²) in [5.74, 6) is 0.0317. The van der Waals surface area contributed by atoms with Crippen molar-refractivity contribution in [3.63, 3.8) is 0 Å². The van der Waals surface area contributed by atoms with Crippen LogP contribution in [0.4, 0.5) is 5.69 Å². The Morgan fingerprint density at radius 3 is 2.50 bits per heavy atom. The van der Waals surface area contributed by atoms with Crippen LogP contribution >= 0.6 is 0 Å². The second kappa shape index (κ2) is 7.08. The number of rotatable bonds is 3. The quantitative estimate of drug-likeness (QED) is 0.922. The highest BCUT2D eigenvalue weighted by Gasteiger charge is 2.35. The van der Waals surface area contributed by atoms with E-state index in [1.165, 1.54) is 0 Å². The summed E-state index contributed by atoms with van der Waals surface area (Å²) in [4.78, 5) is 21.2. The lowest BCUT2D eigenvalue weighted by Gasteiger charge is -2.42. The van der Waals surface area contributed by atoms with Gasteiger partial charge in [0, 0.05) is 56.9 Å². The SMILES string of the molecule is CN(C)c1ccc(-c2cncc(C(=O)N3CCC(N)C(C)(C)C3)c2)cc1. The predicted octanol–water partition coefficient (Wildman–Crippen LogP) is 3.01. The van der Waals surface area contributed by atoms with Crippen molar-refractivity contribution >= 4 is 11.6 Å². The summed E-state index contributed by atoms with van der Waals surface area (Å²) in [5.41, 5.74) is 9.90. The minimum Gasteiger partial charge on any atom is -0.378 e. The Morgan fingerprint density at radius 2 is 1.88 bits per heavy atom. The van der Waals surface area contributed by atoms with E-state index in [0.717, 1.165) is 23.2 Å². The molecule has 5 heteroatoms. The molecule has 1 aromatic heterocycles. The average Bonchev–Trinajstić information content (AvgIpc) is 2.63. The topological polar surface area (TPSA) is 62.5 Å². The molecule has 138 valence electrons. The van der Waals surface area contributed by atoms with Gasteiger partial charge in [-0.2, -0.15) is 0 Å². The predicted molar refractivity (Wildman–Crippen MR) is 106 cm³/mol. The van der Waals surface area contributed by atoms with Crippen LogP contribution in [-0.4, -0.2) is 49.0 Å². The number of benzene rings is 1. The molecule has 0 saturated carbocycles. The van der Waals surface area contributed by atoms with Gasteiger partial charge in [0.05, 0.1) is 5.56 Å². The van der Waals surface area contributed by atoms with E-state index in [1.807, 2.05) is 25.1 Å². The van der Waals surface area contributed by atoms with Crippen LogP contribution in [0.1, 0.15) is 30.6 Å². The molecule has 1 unspecified atom stereocenters. The summed E-state index contributed by atoms with van der Waals surface area (Å²) in [6.07, 6.45) is 4.29. The van der Waals surface area contributed by atoms with Crippen molar-refractivity contribution < 1.29 is 4.79 Å². The average molecular weight is 352 g/mol. The van der Waals surface area contributed by atoms with Gasteiger partial charge in [-0.05, 0) is 35.6 Å². The molecule has 0 spiro atoms. The maximum atomic E-state index is 13.0. The normalized spacial score (nSPS) is 19.3. The lowest BCUT2D eigenvalue weighted by atomic mass is 9.79. The van der Waals surface area contributed by atoms with Crippen molar-refractivity contribution in [1.29, 1.82) is 0 Å². The fraction of sp³-hybridized carbons (Fsp3) is 0.429. The van der Waals surface area contributed by atoms with E-state index in [0.29, 0.717) is 18.7 Å². The number of nitrogens with two attached hydrogens (primary N) is 1. The molecule has 0 radical (unpaired) electrons. The summed E-state index contributed by atoms with van der Waals surface area (Å²) < 4.78 is 0. The van der Waals surface area contributed by atoms with Gasteiger partial charge in [-0.3, -0.25) is 9.78 Å². The van der Waals surface area contributed by atoms with E-state index in [4.69, 9.17) is 5.73 Å². The molecule has 1 aliphatic rings.